The number of nitrogens with one attached hydrogen (secondary N) is 1. The predicted molar refractivity (Wildman–Crippen MR) is 102 cm³/mol. The molecule has 136 valence electrons. The fraction of sp³-hybridized carbons (Fsp3) is 0.158. The molecule has 1 aromatic carbocycles. The second kappa shape index (κ2) is 6.99. The number of nitrogens with zero attached hydrogens (tertiary/aromatic N) is 6. The lowest BCUT2D eigenvalue weighted by Gasteiger charge is -2.12. The van der Waals surface area contributed by atoms with E-state index in [0.717, 1.165) is 11.4 Å². The molecule has 0 atom stereocenters. The third kappa shape index (κ3) is 3.41. The van der Waals surface area contributed by atoms with E-state index >= 15 is 0 Å². The maximum absolute atomic E-state index is 13.5. The minimum absolute atomic E-state index is 0.314. The van der Waals surface area contributed by atoms with Gasteiger partial charge in [0.2, 0.25) is 5.65 Å². The van der Waals surface area contributed by atoms with Gasteiger partial charge in [-0.3, -0.25) is 4.40 Å². The lowest BCUT2D eigenvalue weighted by atomic mass is 10.2. The highest BCUT2D eigenvalue weighted by molar-refractivity contribution is 5.67. The number of aromatic nitrogens is 5. The van der Waals surface area contributed by atoms with E-state index in [0.29, 0.717) is 29.4 Å². The first-order valence-corrected chi connectivity index (χ1v) is 8.43. The smallest absolute Gasteiger partial charge is 0.203 e. The maximum atomic E-state index is 13.5. The Morgan fingerprint density at radius 2 is 1.96 bits per heavy atom. The molecule has 0 radical (unpaired) electrons. The Labute approximate surface area is 155 Å². The van der Waals surface area contributed by atoms with Crippen LogP contribution in [0.4, 0.5) is 16.0 Å². The second-order valence-electron chi connectivity index (χ2n) is 6.27. The number of benzene rings is 1. The van der Waals surface area contributed by atoms with Gasteiger partial charge in [0.05, 0.1) is 0 Å². The number of hydrogen-bond acceptors (Lipinski definition) is 6. The Morgan fingerprint density at radius 1 is 1.07 bits per heavy atom. The molecular formula is C19H18FN7. The van der Waals surface area contributed by atoms with Crippen molar-refractivity contribution in [1.29, 1.82) is 0 Å². The molecule has 0 spiro atoms. The minimum Gasteiger partial charge on any atom is -0.363 e. The molecule has 4 rings (SSSR count). The van der Waals surface area contributed by atoms with E-state index < -0.39 is 0 Å². The van der Waals surface area contributed by atoms with Crippen molar-refractivity contribution in [2.24, 2.45) is 0 Å². The van der Waals surface area contributed by atoms with Gasteiger partial charge in [0.25, 0.3) is 0 Å². The summed E-state index contributed by atoms with van der Waals surface area (Å²) in [6.45, 7) is 0.568. The lowest BCUT2D eigenvalue weighted by Crippen LogP contribution is -2.11. The predicted octanol–water partition coefficient (Wildman–Crippen LogP) is 3.00. The summed E-state index contributed by atoms with van der Waals surface area (Å²) in [6, 6.07) is 10.2. The zero-order valence-corrected chi connectivity index (χ0v) is 15.0. The van der Waals surface area contributed by atoms with Crippen LogP contribution in [-0.2, 0) is 6.54 Å². The molecule has 3 heterocycles. The van der Waals surface area contributed by atoms with Gasteiger partial charge in [0.15, 0.2) is 11.6 Å². The molecule has 0 aliphatic rings. The topological polar surface area (TPSA) is 71.2 Å². The Morgan fingerprint density at radius 3 is 2.78 bits per heavy atom. The quantitative estimate of drug-likeness (QED) is 0.588. The van der Waals surface area contributed by atoms with Crippen molar-refractivity contribution in [3.63, 3.8) is 0 Å². The summed E-state index contributed by atoms with van der Waals surface area (Å²) in [5, 5.41) is 11.7. The molecule has 0 amide bonds. The average molecular weight is 363 g/mol. The Balaban J connectivity index is 1.63. The van der Waals surface area contributed by atoms with Gasteiger partial charge in [-0.2, -0.15) is 0 Å². The fourth-order valence-electron chi connectivity index (χ4n) is 2.78. The first kappa shape index (κ1) is 16.9. The fourth-order valence-corrected chi connectivity index (χ4v) is 2.78. The summed E-state index contributed by atoms with van der Waals surface area (Å²) < 4.78 is 15.3. The molecule has 8 heteroatoms. The molecule has 7 nitrogen and oxygen atoms in total. The van der Waals surface area contributed by atoms with Crippen molar-refractivity contribution in [1.82, 2.24) is 24.6 Å². The number of fused-ring (bicyclic) bond motifs is 1. The third-order valence-electron chi connectivity index (χ3n) is 4.14. The van der Waals surface area contributed by atoms with Crippen LogP contribution in [0.25, 0.3) is 17.0 Å². The van der Waals surface area contributed by atoms with Gasteiger partial charge in [0, 0.05) is 44.8 Å². The van der Waals surface area contributed by atoms with Gasteiger partial charge in [-0.1, -0.05) is 12.1 Å². The largest absolute Gasteiger partial charge is 0.363 e. The average Bonchev–Trinajstić information content (AvgIpc) is 3.11. The van der Waals surface area contributed by atoms with Crippen LogP contribution < -0.4 is 10.2 Å². The summed E-state index contributed by atoms with van der Waals surface area (Å²) in [5.74, 6) is 1.74. The highest BCUT2D eigenvalue weighted by Crippen LogP contribution is 2.22. The van der Waals surface area contributed by atoms with E-state index in [2.05, 4.69) is 25.5 Å². The van der Waals surface area contributed by atoms with Crippen LogP contribution in [0.3, 0.4) is 0 Å². The van der Waals surface area contributed by atoms with E-state index in [-0.39, 0.29) is 5.82 Å². The highest BCUT2D eigenvalue weighted by Gasteiger charge is 2.12. The van der Waals surface area contributed by atoms with E-state index in [1.54, 1.807) is 35.1 Å². The van der Waals surface area contributed by atoms with Gasteiger partial charge in [-0.05, 0) is 29.8 Å². The Kier molecular flexibility index (Phi) is 4.37. The van der Waals surface area contributed by atoms with Crippen LogP contribution in [0.15, 0.2) is 55.0 Å². The molecule has 0 aliphatic heterocycles. The van der Waals surface area contributed by atoms with E-state index in [4.69, 9.17) is 0 Å². The zero-order valence-electron chi connectivity index (χ0n) is 15.0. The van der Waals surface area contributed by atoms with E-state index in [9.17, 15) is 4.39 Å². The Bertz CT molecular complexity index is 1090. The summed E-state index contributed by atoms with van der Waals surface area (Å²) in [4.78, 5) is 10.6. The monoisotopic (exact) mass is 363 g/mol. The van der Waals surface area contributed by atoms with Gasteiger partial charge >= 0.3 is 0 Å². The first-order chi connectivity index (χ1) is 13.1. The highest BCUT2D eigenvalue weighted by atomic mass is 19.1. The molecular weight excluding hydrogens is 345 g/mol. The van der Waals surface area contributed by atoms with E-state index in [1.165, 1.54) is 12.1 Å². The summed E-state index contributed by atoms with van der Waals surface area (Å²) in [6.07, 6.45) is 5.20. The van der Waals surface area contributed by atoms with Crippen molar-refractivity contribution in [3.8, 4) is 11.4 Å². The third-order valence-corrected chi connectivity index (χ3v) is 4.14. The van der Waals surface area contributed by atoms with E-state index in [1.807, 2.05) is 31.1 Å². The number of hydrogen-bond donors (Lipinski definition) is 1. The minimum atomic E-state index is -0.314. The maximum Gasteiger partial charge on any atom is 0.203 e. The summed E-state index contributed by atoms with van der Waals surface area (Å²) in [7, 11) is 3.90. The molecule has 0 bridgehead atoms. The molecule has 0 unspecified atom stereocenters. The molecule has 0 fully saturated rings. The molecule has 0 saturated carbocycles. The van der Waals surface area contributed by atoms with Crippen LogP contribution >= 0.6 is 0 Å². The molecule has 1 N–H and O–H groups in total. The summed E-state index contributed by atoms with van der Waals surface area (Å²) in [5.41, 5.74) is 2.31. The standard InChI is InChI=1S/C19H18FN7/c1-26(2)16-10-13(6-7-21-16)12-23-17-19-25-24-18(27(19)9-8-22-17)14-4-3-5-15(20)11-14/h3-11H,12H2,1-2H3,(H,22,23). The zero-order chi connectivity index (χ0) is 18.8. The van der Waals surface area contributed by atoms with Gasteiger partial charge in [0.1, 0.15) is 11.6 Å². The van der Waals surface area contributed by atoms with Crippen LogP contribution in [0.1, 0.15) is 5.56 Å². The van der Waals surface area contributed by atoms with Crippen molar-refractivity contribution in [2.75, 3.05) is 24.3 Å². The van der Waals surface area contributed by atoms with Crippen molar-refractivity contribution >= 4 is 17.3 Å². The van der Waals surface area contributed by atoms with Crippen molar-refractivity contribution < 1.29 is 4.39 Å². The van der Waals surface area contributed by atoms with Gasteiger partial charge in [-0.25, -0.2) is 14.4 Å². The second-order valence-corrected chi connectivity index (χ2v) is 6.27. The molecule has 4 aromatic rings. The van der Waals surface area contributed by atoms with Crippen molar-refractivity contribution in [3.05, 3.63) is 66.4 Å². The van der Waals surface area contributed by atoms with Crippen LogP contribution in [0, 0.1) is 5.82 Å². The molecule has 27 heavy (non-hydrogen) atoms. The number of anilines is 2. The first-order valence-electron chi connectivity index (χ1n) is 8.43. The number of pyridine rings is 1. The van der Waals surface area contributed by atoms with Crippen LogP contribution in [-0.4, -0.2) is 38.7 Å². The lowest BCUT2D eigenvalue weighted by molar-refractivity contribution is 0.628. The van der Waals surface area contributed by atoms with Gasteiger partial charge < -0.3 is 10.2 Å². The van der Waals surface area contributed by atoms with Gasteiger partial charge in [-0.15, -0.1) is 10.2 Å². The van der Waals surface area contributed by atoms with Crippen LogP contribution in [0.5, 0.6) is 0 Å². The molecule has 0 aliphatic carbocycles. The summed E-state index contributed by atoms with van der Waals surface area (Å²) >= 11 is 0. The normalized spacial score (nSPS) is 10.9. The SMILES string of the molecule is CN(C)c1cc(CNc2nccn3c(-c4cccc(F)c4)nnc23)ccn1. The molecule has 0 saturated heterocycles. The van der Waals surface area contributed by atoms with Crippen molar-refractivity contribution in [2.45, 2.75) is 6.54 Å². The number of rotatable bonds is 5. The Hall–Kier alpha value is -3.55. The molecule has 3 aromatic heterocycles. The number of halogens is 1. The van der Waals surface area contributed by atoms with Crippen LogP contribution in [0.2, 0.25) is 0 Å².